The molecule has 9 heteroatoms. The summed E-state index contributed by atoms with van der Waals surface area (Å²) >= 11 is 6.41. The molecule has 0 fully saturated rings. The highest BCUT2D eigenvalue weighted by Gasteiger charge is 2.11. The monoisotopic (exact) mass is 523 g/mol. The zero-order valence-corrected chi connectivity index (χ0v) is 21.6. The molecule has 0 unspecified atom stereocenters. The largest absolute Gasteiger partial charge is 0.494 e. The Hall–Kier alpha value is -2.59. The lowest BCUT2D eigenvalue weighted by Crippen LogP contribution is -2.13. The van der Waals surface area contributed by atoms with Crippen LogP contribution in [-0.4, -0.2) is 28.2 Å². The number of fused-ring (bicyclic) bond motifs is 2. The van der Waals surface area contributed by atoms with E-state index in [1.54, 1.807) is 34.4 Å². The summed E-state index contributed by atoms with van der Waals surface area (Å²) in [5, 5.41) is 3.00. The Morgan fingerprint density at radius 2 is 1.62 bits per heavy atom. The second-order valence-corrected chi connectivity index (χ2v) is 11.8. The van der Waals surface area contributed by atoms with Crippen LogP contribution in [-0.2, 0) is 10.5 Å². The molecular formula is C25H21N3O2S4. The van der Waals surface area contributed by atoms with Gasteiger partial charge in [0, 0.05) is 11.4 Å². The van der Waals surface area contributed by atoms with Gasteiger partial charge in [-0.25, -0.2) is 9.97 Å². The lowest BCUT2D eigenvalue weighted by Gasteiger charge is -2.03. The van der Waals surface area contributed by atoms with E-state index in [9.17, 15) is 4.79 Å². The first-order valence-corrected chi connectivity index (χ1v) is 14.3. The van der Waals surface area contributed by atoms with Gasteiger partial charge in [0.15, 0.2) is 8.68 Å². The van der Waals surface area contributed by atoms with Gasteiger partial charge in [0.2, 0.25) is 5.91 Å². The average Bonchev–Trinajstić information content (AvgIpc) is 3.45. The predicted molar refractivity (Wildman–Crippen MR) is 146 cm³/mol. The van der Waals surface area contributed by atoms with Crippen LogP contribution in [0.1, 0.15) is 12.5 Å². The number of hydrogen-bond donors (Lipinski definition) is 1. The highest BCUT2D eigenvalue weighted by Crippen LogP contribution is 2.34. The number of anilines is 1. The quantitative estimate of drug-likeness (QED) is 0.204. The molecular weight excluding hydrogens is 503 g/mol. The summed E-state index contributed by atoms with van der Waals surface area (Å²) in [6, 6.07) is 22.1. The summed E-state index contributed by atoms with van der Waals surface area (Å²) in [6.45, 7) is 2.60. The molecule has 34 heavy (non-hydrogen) atoms. The zero-order chi connectivity index (χ0) is 23.3. The van der Waals surface area contributed by atoms with Crippen molar-refractivity contribution in [2.45, 2.75) is 21.4 Å². The number of ether oxygens (including phenoxy) is 1. The molecule has 5 rings (SSSR count). The summed E-state index contributed by atoms with van der Waals surface area (Å²) in [7, 11) is 0. The van der Waals surface area contributed by atoms with Gasteiger partial charge in [-0.15, -0.1) is 22.7 Å². The summed E-state index contributed by atoms with van der Waals surface area (Å²) in [4.78, 5) is 21.9. The van der Waals surface area contributed by atoms with E-state index in [4.69, 9.17) is 9.72 Å². The van der Waals surface area contributed by atoms with Crippen LogP contribution in [0.3, 0.4) is 0 Å². The maximum Gasteiger partial charge on any atom is 0.234 e. The minimum atomic E-state index is -0.0539. The summed E-state index contributed by atoms with van der Waals surface area (Å²) in [5.41, 5.74) is 3.94. The number of rotatable bonds is 9. The van der Waals surface area contributed by atoms with E-state index in [0.717, 1.165) is 46.3 Å². The maximum absolute atomic E-state index is 12.5. The SMILES string of the molecule is CCOc1ccc2nc(SCC(=O)Nc3ccc4nc(SCc5ccccc5)sc4c3)sc2c1. The molecule has 0 radical (unpaired) electrons. The van der Waals surface area contributed by atoms with Gasteiger partial charge >= 0.3 is 0 Å². The van der Waals surface area contributed by atoms with Crippen LogP contribution in [0.15, 0.2) is 75.4 Å². The highest BCUT2D eigenvalue weighted by molar-refractivity contribution is 8.01. The topological polar surface area (TPSA) is 64.1 Å². The van der Waals surface area contributed by atoms with Gasteiger partial charge in [-0.2, -0.15) is 0 Å². The van der Waals surface area contributed by atoms with Crippen LogP contribution in [0.5, 0.6) is 5.75 Å². The van der Waals surface area contributed by atoms with Crippen molar-refractivity contribution in [2.75, 3.05) is 17.7 Å². The summed E-state index contributed by atoms with van der Waals surface area (Å²) in [5.74, 6) is 1.98. The van der Waals surface area contributed by atoms with E-state index in [1.165, 1.54) is 17.3 Å². The minimum Gasteiger partial charge on any atom is -0.494 e. The highest BCUT2D eigenvalue weighted by atomic mass is 32.2. The first kappa shape index (κ1) is 23.2. The molecule has 5 aromatic rings. The van der Waals surface area contributed by atoms with Crippen molar-refractivity contribution < 1.29 is 9.53 Å². The number of carbonyl (C=O) groups excluding carboxylic acids is 1. The molecule has 5 nitrogen and oxygen atoms in total. The lowest BCUT2D eigenvalue weighted by molar-refractivity contribution is -0.113. The molecule has 1 N–H and O–H groups in total. The normalized spacial score (nSPS) is 11.2. The summed E-state index contributed by atoms with van der Waals surface area (Å²) < 4.78 is 9.59. The van der Waals surface area contributed by atoms with Crippen LogP contribution < -0.4 is 10.1 Å². The number of amides is 1. The molecule has 0 aliphatic rings. The third-order valence-corrected chi connectivity index (χ3v) is 9.23. The van der Waals surface area contributed by atoms with Crippen LogP contribution in [0.4, 0.5) is 5.69 Å². The molecule has 0 aliphatic carbocycles. The number of aromatic nitrogens is 2. The number of nitrogens with zero attached hydrogens (tertiary/aromatic N) is 2. The lowest BCUT2D eigenvalue weighted by atomic mass is 10.2. The molecule has 0 spiro atoms. The fourth-order valence-corrected chi connectivity index (χ4v) is 7.25. The maximum atomic E-state index is 12.5. The third-order valence-electron chi connectivity index (χ3n) is 4.84. The van der Waals surface area contributed by atoms with E-state index in [2.05, 4.69) is 34.6 Å². The van der Waals surface area contributed by atoms with Crippen LogP contribution >= 0.6 is 46.2 Å². The van der Waals surface area contributed by atoms with Gasteiger partial charge in [-0.3, -0.25) is 4.79 Å². The summed E-state index contributed by atoms with van der Waals surface area (Å²) in [6.07, 6.45) is 0. The number of carbonyl (C=O) groups is 1. The van der Waals surface area contributed by atoms with Gasteiger partial charge in [0.05, 0.1) is 32.8 Å². The van der Waals surface area contributed by atoms with Gasteiger partial charge in [-0.1, -0.05) is 53.9 Å². The number of thiazole rings is 2. The average molecular weight is 524 g/mol. The Bertz CT molecular complexity index is 1430. The number of benzene rings is 3. The van der Waals surface area contributed by atoms with Gasteiger partial charge in [0.1, 0.15) is 5.75 Å². The molecule has 0 atom stereocenters. The third kappa shape index (κ3) is 5.72. The van der Waals surface area contributed by atoms with E-state index in [-0.39, 0.29) is 5.91 Å². The number of thioether (sulfide) groups is 2. The Balaban J connectivity index is 1.18. The fraction of sp³-hybridized carbons (Fsp3) is 0.160. The second kappa shape index (κ2) is 10.8. The molecule has 0 saturated carbocycles. The van der Waals surface area contributed by atoms with E-state index >= 15 is 0 Å². The minimum absolute atomic E-state index is 0.0539. The van der Waals surface area contributed by atoms with Crippen LogP contribution in [0.2, 0.25) is 0 Å². The van der Waals surface area contributed by atoms with Gasteiger partial charge in [0.25, 0.3) is 0 Å². The second-order valence-electron chi connectivity index (χ2n) is 7.32. The van der Waals surface area contributed by atoms with E-state index in [0.29, 0.717) is 12.4 Å². The van der Waals surface area contributed by atoms with Crippen molar-refractivity contribution in [1.82, 2.24) is 9.97 Å². The molecule has 0 bridgehead atoms. The van der Waals surface area contributed by atoms with Crippen LogP contribution in [0, 0.1) is 0 Å². The molecule has 172 valence electrons. The standard InChI is InChI=1S/C25H21N3O2S4/c1-2-30-18-9-11-20-22(13-18)34-25(28-20)32-15-23(29)26-17-8-10-19-21(12-17)33-24(27-19)31-14-16-6-4-3-5-7-16/h3-13H,2,14-15H2,1H3,(H,26,29). The molecule has 0 aliphatic heterocycles. The van der Waals surface area contributed by atoms with Gasteiger partial charge in [-0.05, 0) is 48.9 Å². The molecule has 2 aromatic heterocycles. The molecule has 3 aromatic carbocycles. The number of hydrogen-bond acceptors (Lipinski definition) is 8. The zero-order valence-electron chi connectivity index (χ0n) is 18.3. The van der Waals surface area contributed by atoms with E-state index < -0.39 is 0 Å². The van der Waals surface area contributed by atoms with Crippen molar-refractivity contribution in [2.24, 2.45) is 0 Å². The predicted octanol–water partition coefficient (Wildman–Crippen LogP) is 7.33. The Morgan fingerprint density at radius 1 is 0.912 bits per heavy atom. The Labute approximate surface area is 214 Å². The van der Waals surface area contributed by atoms with Crippen LogP contribution in [0.25, 0.3) is 20.4 Å². The smallest absolute Gasteiger partial charge is 0.234 e. The molecule has 1 amide bonds. The van der Waals surface area contributed by atoms with Crippen molar-refractivity contribution in [3.63, 3.8) is 0 Å². The van der Waals surface area contributed by atoms with Gasteiger partial charge < -0.3 is 10.1 Å². The van der Waals surface area contributed by atoms with Crippen molar-refractivity contribution in [3.05, 3.63) is 72.3 Å². The fourth-order valence-electron chi connectivity index (χ4n) is 3.29. The van der Waals surface area contributed by atoms with Crippen molar-refractivity contribution in [3.8, 4) is 5.75 Å². The Morgan fingerprint density at radius 3 is 2.38 bits per heavy atom. The van der Waals surface area contributed by atoms with Crippen molar-refractivity contribution in [1.29, 1.82) is 0 Å². The molecule has 2 heterocycles. The number of nitrogens with one attached hydrogen (secondary N) is 1. The molecule has 0 saturated heterocycles. The van der Waals surface area contributed by atoms with E-state index in [1.807, 2.05) is 49.4 Å². The first-order valence-electron chi connectivity index (χ1n) is 10.7. The first-order chi connectivity index (χ1) is 16.7. The Kier molecular flexibility index (Phi) is 7.34. The van der Waals surface area contributed by atoms with Crippen molar-refractivity contribution >= 4 is 78.2 Å².